The molecule has 70 valence electrons. The SMILES string of the molecule is CO[Si]CCc1ccc(CN)cc1. The van der Waals surface area contributed by atoms with E-state index < -0.39 is 0 Å². The molecule has 0 aliphatic heterocycles. The van der Waals surface area contributed by atoms with Crippen molar-refractivity contribution in [1.29, 1.82) is 0 Å². The Morgan fingerprint density at radius 3 is 2.38 bits per heavy atom. The molecule has 0 saturated carbocycles. The van der Waals surface area contributed by atoms with E-state index >= 15 is 0 Å². The normalized spacial score (nSPS) is 10.3. The van der Waals surface area contributed by atoms with Gasteiger partial charge in [0.05, 0.1) is 0 Å². The van der Waals surface area contributed by atoms with Crippen LogP contribution in [-0.2, 0) is 17.4 Å². The van der Waals surface area contributed by atoms with Gasteiger partial charge in [-0.3, -0.25) is 0 Å². The minimum absolute atomic E-state index is 0.613. The molecule has 2 radical (unpaired) electrons. The highest BCUT2D eigenvalue weighted by atomic mass is 28.2. The van der Waals surface area contributed by atoms with Crippen LogP contribution >= 0.6 is 0 Å². The lowest BCUT2D eigenvalue weighted by molar-refractivity contribution is 0.440. The van der Waals surface area contributed by atoms with E-state index in [1.54, 1.807) is 7.11 Å². The van der Waals surface area contributed by atoms with Crippen molar-refractivity contribution in [2.45, 2.75) is 19.0 Å². The lowest BCUT2D eigenvalue weighted by Gasteiger charge is -2.01. The first-order valence-electron chi connectivity index (χ1n) is 4.40. The van der Waals surface area contributed by atoms with Crippen molar-refractivity contribution in [3.8, 4) is 0 Å². The van der Waals surface area contributed by atoms with Gasteiger partial charge in [-0.1, -0.05) is 24.3 Å². The number of aryl methyl sites for hydroxylation is 1. The van der Waals surface area contributed by atoms with Crippen molar-refractivity contribution in [3.05, 3.63) is 35.4 Å². The van der Waals surface area contributed by atoms with Gasteiger partial charge in [0.25, 0.3) is 0 Å². The Morgan fingerprint density at radius 1 is 1.23 bits per heavy atom. The van der Waals surface area contributed by atoms with E-state index in [9.17, 15) is 0 Å². The number of hydrogen-bond donors (Lipinski definition) is 1. The molecule has 2 nitrogen and oxygen atoms in total. The van der Waals surface area contributed by atoms with Crippen LogP contribution < -0.4 is 5.73 Å². The van der Waals surface area contributed by atoms with Crippen molar-refractivity contribution < 1.29 is 4.43 Å². The Kier molecular flexibility index (Phi) is 4.75. The zero-order chi connectivity index (χ0) is 9.52. The molecule has 13 heavy (non-hydrogen) atoms. The highest BCUT2D eigenvalue weighted by Crippen LogP contribution is 2.06. The van der Waals surface area contributed by atoms with Crippen LogP contribution in [0.5, 0.6) is 0 Å². The topological polar surface area (TPSA) is 35.2 Å². The Morgan fingerprint density at radius 2 is 1.85 bits per heavy atom. The fraction of sp³-hybridized carbons (Fsp3) is 0.400. The van der Waals surface area contributed by atoms with E-state index in [4.69, 9.17) is 10.2 Å². The highest BCUT2D eigenvalue weighted by molar-refractivity contribution is 6.26. The summed E-state index contributed by atoms with van der Waals surface area (Å²) >= 11 is 0. The zero-order valence-electron chi connectivity index (χ0n) is 7.92. The van der Waals surface area contributed by atoms with Crippen LogP contribution in [0.4, 0.5) is 0 Å². The van der Waals surface area contributed by atoms with Crippen LogP contribution in [0.1, 0.15) is 11.1 Å². The molecule has 0 unspecified atom stereocenters. The number of nitrogens with two attached hydrogens (primary N) is 1. The molecule has 0 saturated heterocycles. The van der Waals surface area contributed by atoms with Crippen molar-refractivity contribution in [1.82, 2.24) is 0 Å². The maximum atomic E-state index is 5.50. The largest absolute Gasteiger partial charge is 0.421 e. The molecule has 0 heterocycles. The van der Waals surface area contributed by atoms with Gasteiger partial charge < -0.3 is 10.2 Å². The molecule has 0 aromatic heterocycles. The van der Waals surface area contributed by atoms with E-state index in [0.29, 0.717) is 16.3 Å². The molecule has 0 aliphatic carbocycles. The zero-order valence-corrected chi connectivity index (χ0v) is 8.92. The number of hydrogen-bond acceptors (Lipinski definition) is 2. The molecule has 3 heteroatoms. The maximum absolute atomic E-state index is 5.50. The third kappa shape index (κ3) is 3.72. The summed E-state index contributed by atoms with van der Waals surface area (Å²) in [7, 11) is 2.36. The molecule has 0 aliphatic rings. The van der Waals surface area contributed by atoms with Gasteiger partial charge in [-0.2, -0.15) is 0 Å². The summed E-state index contributed by atoms with van der Waals surface area (Å²) in [6.07, 6.45) is 1.09. The first-order valence-corrected chi connectivity index (χ1v) is 5.52. The molecule has 1 rings (SSSR count). The summed E-state index contributed by atoms with van der Waals surface area (Å²) in [6, 6.07) is 9.57. The summed E-state index contributed by atoms with van der Waals surface area (Å²) in [5, 5.41) is 0. The molecule has 1 aromatic carbocycles. The first kappa shape index (κ1) is 10.4. The molecule has 0 bridgehead atoms. The van der Waals surface area contributed by atoms with Crippen LogP contribution in [0, 0.1) is 0 Å². The molecule has 1 aromatic rings. The smallest absolute Gasteiger partial charge is 0.229 e. The summed E-state index contributed by atoms with van der Waals surface area (Å²) in [5.74, 6) is 0. The third-order valence-corrected chi connectivity index (χ3v) is 2.66. The average molecular weight is 193 g/mol. The molecule has 2 N–H and O–H groups in total. The van der Waals surface area contributed by atoms with Crippen molar-refractivity contribution >= 4 is 9.76 Å². The Labute approximate surface area is 82.0 Å². The highest BCUT2D eigenvalue weighted by Gasteiger charge is 1.94. The second-order valence-corrected chi connectivity index (χ2v) is 4.07. The van der Waals surface area contributed by atoms with Gasteiger partial charge >= 0.3 is 0 Å². The molecule has 0 fully saturated rings. The minimum atomic E-state index is 0.613. The summed E-state index contributed by atoms with van der Waals surface area (Å²) in [5.41, 5.74) is 8.06. The van der Waals surface area contributed by atoms with Crippen LogP contribution in [0.15, 0.2) is 24.3 Å². The van der Waals surface area contributed by atoms with Crippen LogP contribution in [0.3, 0.4) is 0 Å². The average Bonchev–Trinajstić information content (AvgIpc) is 2.19. The second kappa shape index (κ2) is 5.91. The predicted molar refractivity (Wildman–Crippen MR) is 55.6 cm³/mol. The third-order valence-electron chi connectivity index (χ3n) is 1.92. The fourth-order valence-electron chi connectivity index (χ4n) is 1.14. The second-order valence-electron chi connectivity index (χ2n) is 2.87. The van der Waals surface area contributed by atoms with E-state index in [1.165, 1.54) is 11.1 Å². The summed E-state index contributed by atoms with van der Waals surface area (Å²) < 4.78 is 5.02. The van der Waals surface area contributed by atoms with E-state index in [0.717, 1.165) is 12.5 Å². The monoisotopic (exact) mass is 193 g/mol. The van der Waals surface area contributed by atoms with Crippen LogP contribution in [0.25, 0.3) is 0 Å². The minimum Gasteiger partial charge on any atom is -0.421 e. The molecule has 0 atom stereocenters. The van der Waals surface area contributed by atoms with Crippen molar-refractivity contribution in [2.75, 3.05) is 7.11 Å². The van der Waals surface area contributed by atoms with Crippen LogP contribution in [-0.4, -0.2) is 16.9 Å². The van der Waals surface area contributed by atoms with Gasteiger partial charge in [-0.25, -0.2) is 0 Å². The number of benzene rings is 1. The summed E-state index contributed by atoms with van der Waals surface area (Å²) in [4.78, 5) is 0. The van der Waals surface area contributed by atoms with Gasteiger partial charge in [0.2, 0.25) is 9.76 Å². The predicted octanol–water partition coefficient (Wildman–Crippen LogP) is 1.37. The van der Waals surface area contributed by atoms with E-state index in [2.05, 4.69) is 24.3 Å². The number of rotatable bonds is 5. The molecular formula is C10H15NOSi. The summed E-state index contributed by atoms with van der Waals surface area (Å²) in [6.45, 7) is 0.625. The van der Waals surface area contributed by atoms with Crippen molar-refractivity contribution in [3.63, 3.8) is 0 Å². The van der Waals surface area contributed by atoms with E-state index in [1.807, 2.05) is 0 Å². The Bertz CT molecular complexity index is 235. The fourth-order valence-corrected chi connectivity index (χ4v) is 1.73. The Hall–Kier alpha value is -0.643. The van der Waals surface area contributed by atoms with Gasteiger partial charge in [0.1, 0.15) is 0 Å². The lowest BCUT2D eigenvalue weighted by atomic mass is 10.1. The quantitative estimate of drug-likeness (QED) is 0.566. The first-order chi connectivity index (χ1) is 6.36. The Balaban J connectivity index is 2.40. The standard InChI is InChI=1S/C10H15NOSi/c1-12-13-7-6-9-2-4-10(8-11)5-3-9/h2-5H,6-8,11H2,1H3. The van der Waals surface area contributed by atoms with Gasteiger partial charge in [-0.15, -0.1) is 0 Å². The molecule has 0 spiro atoms. The van der Waals surface area contributed by atoms with Gasteiger partial charge in [0.15, 0.2) is 0 Å². The lowest BCUT2D eigenvalue weighted by Crippen LogP contribution is -1.98. The maximum Gasteiger partial charge on any atom is 0.229 e. The van der Waals surface area contributed by atoms with Gasteiger partial charge in [0, 0.05) is 13.7 Å². The van der Waals surface area contributed by atoms with Crippen molar-refractivity contribution in [2.24, 2.45) is 5.73 Å². The van der Waals surface area contributed by atoms with E-state index in [-0.39, 0.29) is 0 Å². The molecule has 0 amide bonds. The van der Waals surface area contributed by atoms with Gasteiger partial charge in [-0.05, 0) is 23.6 Å². The molecular weight excluding hydrogens is 178 g/mol. The van der Waals surface area contributed by atoms with Crippen LogP contribution in [0.2, 0.25) is 6.04 Å².